The lowest BCUT2D eigenvalue weighted by Crippen LogP contribution is -2.08. The molecule has 1 aliphatic rings. The molecule has 21 heavy (non-hydrogen) atoms. The third-order valence-electron chi connectivity index (χ3n) is 4.02. The van der Waals surface area contributed by atoms with E-state index in [0.717, 1.165) is 12.0 Å². The quantitative estimate of drug-likeness (QED) is 0.924. The minimum Gasteiger partial charge on any atom is -0.489 e. The maximum atomic E-state index is 13.3. The van der Waals surface area contributed by atoms with Gasteiger partial charge in [-0.3, -0.25) is 0 Å². The standard InChI is InChI=1S/C18H20FNO/c1-12(20)17-10-16(19)7-8-18(17)21-11-13-5-6-14-3-2-4-15(14)9-13/h5-10,12H,2-4,11,20H2,1H3. The van der Waals surface area contributed by atoms with Crippen molar-refractivity contribution in [2.45, 2.75) is 38.8 Å². The molecule has 110 valence electrons. The Kier molecular flexibility index (Phi) is 3.93. The van der Waals surface area contributed by atoms with Gasteiger partial charge in [0.1, 0.15) is 18.2 Å². The summed E-state index contributed by atoms with van der Waals surface area (Å²) in [4.78, 5) is 0. The fourth-order valence-corrected chi connectivity index (χ4v) is 2.88. The Morgan fingerprint density at radius 2 is 1.95 bits per heavy atom. The summed E-state index contributed by atoms with van der Waals surface area (Å²) >= 11 is 0. The number of benzene rings is 2. The summed E-state index contributed by atoms with van der Waals surface area (Å²) in [7, 11) is 0. The summed E-state index contributed by atoms with van der Waals surface area (Å²) in [5, 5.41) is 0. The van der Waals surface area contributed by atoms with Crippen molar-refractivity contribution < 1.29 is 9.13 Å². The van der Waals surface area contributed by atoms with Crippen molar-refractivity contribution in [2.75, 3.05) is 0 Å². The first kappa shape index (κ1) is 14.1. The van der Waals surface area contributed by atoms with Gasteiger partial charge >= 0.3 is 0 Å². The Hall–Kier alpha value is -1.87. The number of rotatable bonds is 4. The van der Waals surface area contributed by atoms with E-state index >= 15 is 0 Å². The molecule has 0 amide bonds. The number of fused-ring (bicyclic) bond motifs is 1. The van der Waals surface area contributed by atoms with E-state index in [1.807, 2.05) is 6.92 Å². The second kappa shape index (κ2) is 5.86. The van der Waals surface area contributed by atoms with Crippen LogP contribution in [0.5, 0.6) is 5.75 Å². The van der Waals surface area contributed by atoms with Crippen LogP contribution in [0.25, 0.3) is 0 Å². The second-order valence-corrected chi connectivity index (χ2v) is 5.72. The van der Waals surface area contributed by atoms with Crippen LogP contribution in [0.3, 0.4) is 0 Å². The van der Waals surface area contributed by atoms with Crippen molar-refractivity contribution in [3.8, 4) is 5.75 Å². The highest BCUT2D eigenvalue weighted by Crippen LogP contribution is 2.27. The normalized spacial score (nSPS) is 14.8. The van der Waals surface area contributed by atoms with Crippen molar-refractivity contribution in [1.82, 2.24) is 0 Å². The average molecular weight is 285 g/mol. The number of hydrogen-bond acceptors (Lipinski definition) is 2. The molecule has 1 aliphatic carbocycles. The lowest BCUT2D eigenvalue weighted by atomic mass is 10.1. The Bertz CT molecular complexity index is 652. The first-order valence-corrected chi connectivity index (χ1v) is 7.42. The summed E-state index contributed by atoms with van der Waals surface area (Å²) in [6.07, 6.45) is 3.58. The number of halogens is 1. The summed E-state index contributed by atoms with van der Waals surface area (Å²) in [5.74, 6) is 0.374. The molecule has 0 aromatic heterocycles. The zero-order chi connectivity index (χ0) is 14.8. The Labute approximate surface area is 124 Å². The van der Waals surface area contributed by atoms with Gasteiger partial charge in [0, 0.05) is 11.6 Å². The minimum atomic E-state index is -0.285. The number of hydrogen-bond donors (Lipinski definition) is 1. The highest BCUT2D eigenvalue weighted by atomic mass is 19.1. The van der Waals surface area contributed by atoms with Crippen LogP contribution < -0.4 is 10.5 Å². The monoisotopic (exact) mass is 285 g/mol. The molecule has 1 unspecified atom stereocenters. The maximum Gasteiger partial charge on any atom is 0.124 e. The first-order chi connectivity index (χ1) is 10.1. The molecule has 1 atom stereocenters. The lowest BCUT2D eigenvalue weighted by Gasteiger charge is -2.14. The Morgan fingerprint density at radius 3 is 2.76 bits per heavy atom. The molecule has 0 radical (unpaired) electrons. The molecule has 0 heterocycles. The van der Waals surface area contributed by atoms with E-state index in [1.165, 1.54) is 36.1 Å². The molecular weight excluding hydrogens is 265 g/mol. The fourth-order valence-electron chi connectivity index (χ4n) is 2.88. The molecule has 0 saturated carbocycles. The van der Waals surface area contributed by atoms with Gasteiger partial charge in [-0.2, -0.15) is 0 Å². The zero-order valence-electron chi connectivity index (χ0n) is 12.2. The van der Waals surface area contributed by atoms with Gasteiger partial charge < -0.3 is 10.5 Å². The van der Waals surface area contributed by atoms with Crippen LogP contribution in [0.15, 0.2) is 36.4 Å². The van der Waals surface area contributed by atoms with Gasteiger partial charge in [-0.25, -0.2) is 4.39 Å². The molecule has 2 N–H and O–H groups in total. The SMILES string of the molecule is CC(N)c1cc(F)ccc1OCc1ccc2c(c1)CCC2. The summed E-state index contributed by atoms with van der Waals surface area (Å²) in [6.45, 7) is 2.32. The van der Waals surface area contributed by atoms with E-state index in [-0.39, 0.29) is 11.9 Å². The van der Waals surface area contributed by atoms with Gasteiger partial charge in [0.2, 0.25) is 0 Å². The zero-order valence-corrected chi connectivity index (χ0v) is 12.2. The molecule has 0 bridgehead atoms. The van der Waals surface area contributed by atoms with Crippen LogP contribution in [-0.4, -0.2) is 0 Å². The molecule has 0 aliphatic heterocycles. The van der Waals surface area contributed by atoms with E-state index < -0.39 is 0 Å². The molecule has 0 fully saturated rings. The van der Waals surface area contributed by atoms with Crippen LogP contribution in [0.4, 0.5) is 4.39 Å². The van der Waals surface area contributed by atoms with Gasteiger partial charge in [0.25, 0.3) is 0 Å². The van der Waals surface area contributed by atoms with Crippen LogP contribution in [-0.2, 0) is 19.4 Å². The molecule has 2 aromatic carbocycles. The fraction of sp³-hybridized carbons (Fsp3) is 0.333. The molecule has 0 spiro atoms. The van der Waals surface area contributed by atoms with Crippen LogP contribution in [0.1, 0.15) is 41.6 Å². The van der Waals surface area contributed by atoms with E-state index in [2.05, 4.69) is 18.2 Å². The molecular formula is C18H20FNO. The third-order valence-corrected chi connectivity index (χ3v) is 4.02. The third kappa shape index (κ3) is 3.08. The molecule has 2 aromatic rings. The minimum absolute atomic E-state index is 0.254. The molecule has 2 nitrogen and oxygen atoms in total. The topological polar surface area (TPSA) is 35.2 Å². The van der Waals surface area contributed by atoms with E-state index in [4.69, 9.17) is 10.5 Å². The Morgan fingerprint density at radius 1 is 1.14 bits per heavy atom. The molecule has 3 heteroatoms. The van der Waals surface area contributed by atoms with Crippen molar-refractivity contribution in [3.63, 3.8) is 0 Å². The van der Waals surface area contributed by atoms with Gasteiger partial charge in [-0.05, 0) is 61.1 Å². The molecule has 0 saturated heterocycles. The van der Waals surface area contributed by atoms with Gasteiger partial charge in [0.15, 0.2) is 0 Å². The van der Waals surface area contributed by atoms with Crippen molar-refractivity contribution >= 4 is 0 Å². The molecule has 3 rings (SSSR count). The van der Waals surface area contributed by atoms with Gasteiger partial charge in [-0.1, -0.05) is 18.2 Å². The smallest absolute Gasteiger partial charge is 0.124 e. The van der Waals surface area contributed by atoms with E-state index in [9.17, 15) is 4.39 Å². The van der Waals surface area contributed by atoms with Crippen molar-refractivity contribution in [3.05, 3.63) is 64.5 Å². The van der Waals surface area contributed by atoms with Crippen LogP contribution >= 0.6 is 0 Å². The average Bonchev–Trinajstić information content (AvgIpc) is 2.93. The Balaban J connectivity index is 1.76. The number of ether oxygens (including phenoxy) is 1. The highest BCUT2D eigenvalue weighted by molar-refractivity contribution is 5.38. The number of aryl methyl sites for hydroxylation is 2. The maximum absolute atomic E-state index is 13.3. The van der Waals surface area contributed by atoms with Gasteiger partial charge in [-0.15, -0.1) is 0 Å². The summed E-state index contributed by atoms with van der Waals surface area (Å²) in [6, 6.07) is 10.8. The van der Waals surface area contributed by atoms with E-state index in [0.29, 0.717) is 17.9 Å². The lowest BCUT2D eigenvalue weighted by molar-refractivity contribution is 0.301. The second-order valence-electron chi connectivity index (χ2n) is 5.72. The van der Waals surface area contributed by atoms with Crippen LogP contribution in [0, 0.1) is 5.82 Å². The predicted octanol–water partition coefficient (Wildman–Crippen LogP) is 3.91. The van der Waals surface area contributed by atoms with Gasteiger partial charge in [0.05, 0.1) is 0 Å². The first-order valence-electron chi connectivity index (χ1n) is 7.42. The summed E-state index contributed by atoms with van der Waals surface area (Å²) < 4.78 is 19.2. The van der Waals surface area contributed by atoms with Crippen molar-refractivity contribution in [2.24, 2.45) is 5.73 Å². The van der Waals surface area contributed by atoms with Crippen molar-refractivity contribution in [1.29, 1.82) is 0 Å². The number of nitrogens with two attached hydrogens (primary N) is 1. The highest BCUT2D eigenvalue weighted by Gasteiger charge is 2.12. The largest absolute Gasteiger partial charge is 0.489 e. The van der Waals surface area contributed by atoms with Crippen LogP contribution in [0.2, 0.25) is 0 Å². The predicted molar refractivity (Wildman–Crippen MR) is 81.8 cm³/mol. The summed E-state index contributed by atoms with van der Waals surface area (Å²) in [5.41, 5.74) is 10.6. The van der Waals surface area contributed by atoms with E-state index in [1.54, 1.807) is 6.07 Å².